The van der Waals surface area contributed by atoms with Crippen molar-refractivity contribution in [3.63, 3.8) is 0 Å². The number of likely N-dealkylation sites (tertiary alicyclic amines) is 1. The molecule has 0 aliphatic carbocycles. The molecule has 348 valence electrons. The molecule has 4 rings (SSSR count). The highest BCUT2D eigenvalue weighted by molar-refractivity contribution is 7.09. The maximum atomic E-state index is 14.7. The molecule has 2 heterocycles. The summed E-state index contributed by atoms with van der Waals surface area (Å²) in [6, 6.07) is 16.5. The van der Waals surface area contributed by atoms with Crippen molar-refractivity contribution in [1.82, 2.24) is 25.0 Å². The lowest BCUT2D eigenvalue weighted by atomic mass is 9.83. The summed E-state index contributed by atoms with van der Waals surface area (Å²) in [5, 5.41) is 5.99. The number of thiazole rings is 1. The number of benzene rings is 2. The standard InChI is InChI=1S/C50H76N6O6S/c1-12-34(6)46(55(9)50(60)39(32(2)3)30-42(57)45(33(4)5)54(8)27-24-36-20-22-38(51)23-21-36)43(61-10)31-44(58)56-26-16-19-41(56)47(62-11)35(7)48(59)53-40(49-52-25-28-63-49)29-37-17-14-13-15-18-37/h13-15,17-18,20-23,25,28,32-35,39-41,43,45-47H,12,16,19,24,26-27,29-31,51H2,1-11H3,(H,53,59)/t34-,35+,39-,40-,41-,43+,45-,46-,47+/m0/s1. The van der Waals surface area contributed by atoms with Gasteiger partial charge in [-0.25, -0.2) is 4.98 Å². The fourth-order valence-electron chi connectivity index (χ4n) is 9.53. The molecule has 0 saturated carbocycles. The number of nitrogens with one attached hydrogen (secondary N) is 1. The summed E-state index contributed by atoms with van der Waals surface area (Å²) >= 11 is 1.51. The van der Waals surface area contributed by atoms with Gasteiger partial charge >= 0.3 is 0 Å². The summed E-state index contributed by atoms with van der Waals surface area (Å²) in [6.45, 7) is 15.4. The van der Waals surface area contributed by atoms with E-state index in [0.717, 1.165) is 41.1 Å². The number of nitrogen functional groups attached to an aromatic ring is 1. The Labute approximate surface area is 381 Å². The van der Waals surface area contributed by atoms with E-state index in [1.165, 1.54) is 11.3 Å². The number of ketones is 1. The molecule has 0 spiro atoms. The second-order valence-electron chi connectivity index (χ2n) is 18.4. The van der Waals surface area contributed by atoms with Crippen LogP contribution in [0.1, 0.15) is 103 Å². The minimum atomic E-state index is -0.604. The highest BCUT2D eigenvalue weighted by atomic mass is 32.1. The van der Waals surface area contributed by atoms with Gasteiger partial charge in [-0.3, -0.25) is 24.1 Å². The fraction of sp³-hybridized carbons (Fsp3) is 0.620. The first kappa shape index (κ1) is 51.5. The summed E-state index contributed by atoms with van der Waals surface area (Å²) < 4.78 is 12.2. The molecular weight excluding hydrogens is 813 g/mol. The molecule has 1 aliphatic heterocycles. The molecule has 9 atom stereocenters. The molecular formula is C50H76N6O6S. The zero-order chi connectivity index (χ0) is 46.4. The quantitative estimate of drug-likeness (QED) is 0.0827. The van der Waals surface area contributed by atoms with Gasteiger partial charge in [0, 0.05) is 64.0 Å². The number of carbonyl (C=O) groups is 4. The van der Waals surface area contributed by atoms with Crippen LogP contribution in [0.4, 0.5) is 5.69 Å². The molecule has 3 amide bonds. The van der Waals surface area contributed by atoms with Crippen molar-refractivity contribution in [2.45, 2.75) is 130 Å². The molecule has 13 heteroatoms. The molecule has 1 saturated heterocycles. The Hall–Kier alpha value is -4.17. The molecule has 0 unspecified atom stereocenters. The first-order valence-electron chi connectivity index (χ1n) is 22.9. The molecule has 3 N–H and O–H groups in total. The van der Waals surface area contributed by atoms with Crippen molar-refractivity contribution in [3.05, 3.63) is 82.3 Å². The first-order valence-corrected chi connectivity index (χ1v) is 23.8. The molecule has 12 nitrogen and oxygen atoms in total. The van der Waals surface area contributed by atoms with Gasteiger partial charge in [-0.05, 0) is 73.7 Å². The van der Waals surface area contributed by atoms with Crippen LogP contribution in [-0.4, -0.2) is 115 Å². The van der Waals surface area contributed by atoms with Crippen molar-refractivity contribution in [2.75, 3.05) is 47.1 Å². The SMILES string of the molecule is CC[C@H](C)[C@@H]([C@@H](CC(=O)N1CCC[C@H]1[C@H](OC)[C@@H](C)C(=O)N[C@@H](Cc1ccccc1)c1nccs1)OC)N(C)C(=O)[C@@H](CC(=O)[C@H](C(C)C)N(C)CCc1ccc(N)cc1)C(C)C. The smallest absolute Gasteiger partial charge is 0.226 e. The molecule has 0 radical (unpaired) electrons. The average molecular weight is 889 g/mol. The van der Waals surface area contributed by atoms with Gasteiger partial charge in [-0.2, -0.15) is 0 Å². The van der Waals surface area contributed by atoms with E-state index in [-0.39, 0.29) is 72.2 Å². The van der Waals surface area contributed by atoms with Crippen LogP contribution in [0.3, 0.4) is 0 Å². The van der Waals surface area contributed by atoms with Gasteiger partial charge in [0.15, 0.2) is 5.78 Å². The third-order valence-electron chi connectivity index (χ3n) is 13.3. The van der Waals surface area contributed by atoms with Crippen LogP contribution in [0.15, 0.2) is 66.2 Å². The molecule has 1 aromatic heterocycles. The summed E-state index contributed by atoms with van der Waals surface area (Å²) in [5.74, 6) is -1.48. The molecule has 1 aliphatic rings. The number of nitrogens with two attached hydrogens (primary N) is 1. The van der Waals surface area contributed by atoms with Gasteiger partial charge in [0.2, 0.25) is 17.7 Å². The monoisotopic (exact) mass is 889 g/mol. The van der Waals surface area contributed by atoms with Crippen molar-refractivity contribution in [1.29, 1.82) is 0 Å². The number of rotatable bonds is 25. The van der Waals surface area contributed by atoms with Gasteiger partial charge in [0.05, 0.1) is 48.7 Å². The Bertz CT molecular complexity index is 1860. The van der Waals surface area contributed by atoms with E-state index in [1.54, 1.807) is 32.4 Å². The Balaban J connectivity index is 1.47. The third-order valence-corrected chi connectivity index (χ3v) is 14.2. The predicted octanol–water partition coefficient (Wildman–Crippen LogP) is 7.48. The molecule has 1 fully saturated rings. The maximum Gasteiger partial charge on any atom is 0.226 e. The molecule has 3 aromatic rings. The summed E-state index contributed by atoms with van der Waals surface area (Å²) in [6.07, 6.45) is 4.39. The number of likely N-dealkylation sites (N-methyl/N-ethyl adjacent to an activating group) is 2. The summed E-state index contributed by atoms with van der Waals surface area (Å²) in [5.41, 5.74) is 8.85. The number of methoxy groups -OCH3 is 2. The first-order chi connectivity index (χ1) is 30.0. The summed E-state index contributed by atoms with van der Waals surface area (Å²) in [7, 11) is 6.99. The fourth-order valence-corrected chi connectivity index (χ4v) is 10.2. The number of anilines is 1. The third kappa shape index (κ3) is 13.9. The van der Waals surface area contributed by atoms with Crippen LogP contribution in [0.2, 0.25) is 0 Å². The van der Waals surface area contributed by atoms with E-state index in [0.29, 0.717) is 25.9 Å². The number of hydrogen-bond acceptors (Lipinski definition) is 10. The minimum absolute atomic E-state index is 0.00502. The molecule has 0 bridgehead atoms. The normalized spacial score (nSPS) is 18.1. The highest BCUT2D eigenvalue weighted by Gasteiger charge is 2.43. The number of ether oxygens (including phenoxy) is 2. The maximum absolute atomic E-state index is 14.7. The van der Waals surface area contributed by atoms with Crippen LogP contribution in [0.25, 0.3) is 0 Å². The average Bonchev–Trinajstić information content (AvgIpc) is 3.99. The van der Waals surface area contributed by atoms with E-state index < -0.39 is 30.1 Å². The lowest BCUT2D eigenvalue weighted by molar-refractivity contribution is -0.149. The Kier molecular flexibility index (Phi) is 20.2. The number of nitrogens with zero attached hydrogens (tertiary/aromatic N) is 4. The van der Waals surface area contributed by atoms with Gasteiger partial charge in [0.1, 0.15) is 5.01 Å². The van der Waals surface area contributed by atoms with Crippen molar-refractivity contribution >= 4 is 40.5 Å². The Morgan fingerprint density at radius 3 is 2.17 bits per heavy atom. The second-order valence-corrected chi connectivity index (χ2v) is 19.3. The lowest BCUT2D eigenvalue weighted by Crippen LogP contribution is -2.54. The van der Waals surface area contributed by atoms with Gasteiger partial charge < -0.3 is 30.3 Å². The molecule has 2 aromatic carbocycles. The van der Waals surface area contributed by atoms with Crippen molar-refractivity contribution in [2.24, 2.45) is 29.6 Å². The van der Waals surface area contributed by atoms with Crippen molar-refractivity contribution in [3.8, 4) is 0 Å². The predicted molar refractivity (Wildman–Crippen MR) is 253 cm³/mol. The Morgan fingerprint density at radius 2 is 1.60 bits per heavy atom. The largest absolute Gasteiger partial charge is 0.399 e. The van der Waals surface area contributed by atoms with Crippen LogP contribution >= 0.6 is 11.3 Å². The van der Waals surface area contributed by atoms with Gasteiger partial charge in [-0.15, -0.1) is 11.3 Å². The van der Waals surface area contributed by atoms with E-state index in [1.807, 2.05) is 92.7 Å². The summed E-state index contributed by atoms with van der Waals surface area (Å²) in [4.78, 5) is 67.6. The van der Waals surface area contributed by atoms with E-state index in [2.05, 4.69) is 42.9 Å². The van der Waals surface area contributed by atoms with Crippen molar-refractivity contribution < 1.29 is 28.7 Å². The zero-order valence-electron chi connectivity index (χ0n) is 39.8. The lowest BCUT2D eigenvalue weighted by Gasteiger charge is -2.41. The van der Waals surface area contributed by atoms with E-state index >= 15 is 0 Å². The van der Waals surface area contributed by atoms with Crippen LogP contribution in [-0.2, 0) is 41.5 Å². The Morgan fingerprint density at radius 1 is 0.921 bits per heavy atom. The molecule has 63 heavy (non-hydrogen) atoms. The van der Waals surface area contributed by atoms with E-state index in [9.17, 15) is 19.2 Å². The number of hydrogen-bond donors (Lipinski definition) is 2. The van der Waals surface area contributed by atoms with Crippen LogP contribution in [0.5, 0.6) is 0 Å². The van der Waals surface area contributed by atoms with E-state index in [4.69, 9.17) is 15.2 Å². The number of amides is 3. The van der Waals surface area contributed by atoms with Crippen LogP contribution in [0, 0.1) is 29.6 Å². The van der Waals surface area contributed by atoms with Crippen LogP contribution < -0.4 is 11.1 Å². The topological polar surface area (TPSA) is 147 Å². The van der Waals surface area contributed by atoms with Gasteiger partial charge in [0.25, 0.3) is 0 Å². The van der Waals surface area contributed by atoms with Gasteiger partial charge in [-0.1, -0.05) is 97.4 Å². The number of aromatic nitrogens is 1. The zero-order valence-corrected chi connectivity index (χ0v) is 40.6. The second kappa shape index (κ2) is 24.8. The number of Topliss-reactive ketones (excluding diaryl/α,β-unsaturated/α-hetero) is 1. The number of carbonyl (C=O) groups excluding carboxylic acids is 4. The minimum Gasteiger partial charge on any atom is -0.399 e. The highest BCUT2D eigenvalue weighted by Crippen LogP contribution is 2.32.